The average molecular weight is 762 g/mol. The predicted octanol–water partition coefficient (Wildman–Crippen LogP) is 12.3. The molecule has 290 valence electrons. The van der Waals surface area contributed by atoms with Crippen molar-refractivity contribution >= 4 is 41.0 Å². The number of fused-ring (bicyclic) bond motifs is 13. The van der Waals surface area contributed by atoms with Crippen molar-refractivity contribution in [3.8, 4) is 22.5 Å². The van der Waals surface area contributed by atoms with Gasteiger partial charge in [0.15, 0.2) is 29.7 Å². The fourth-order valence-electron chi connectivity index (χ4n) is 10.1. The van der Waals surface area contributed by atoms with Crippen molar-refractivity contribution in [1.29, 1.82) is 0 Å². The summed E-state index contributed by atoms with van der Waals surface area (Å²) < 4.78 is 12.0. The van der Waals surface area contributed by atoms with Gasteiger partial charge in [0.05, 0.1) is 20.1 Å². The molecule has 2 aliphatic rings. The summed E-state index contributed by atoms with van der Waals surface area (Å²) in [5.41, 5.74) is 16.2. The van der Waals surface area contributed by atoms with Crippen LogP contribution in [-0.2, 0) is 12.8 Å². The van der Waals surface area contributed by atoms with Crippen LogP contribution in [0.1, 0.15) is 119 Å². The minimum Gasteiger partial charge on any atom is -0.437 e. The summed E-state index contributed by atoms with van der Waals surface area (Å²) in [7, 11) is -1.75. The van der Waals surface area contributed by atoms with Gasteiger partial charge in [0.2, 0.25) is 17.1 Å². The van der Waals surface area contributed by atoms with E-state index in [0.717, 1.165) is 53.4 Å². The van der Waals surface area contributed by atoms with E-state index in [9.17, 15) is 0 Å². The van der Waals surface area contributed by atoms with Crippen molar-refractivity contribution in [2.24, 2.45) is 11.3 Å². The lowest BCUT2D eigenvalue weighted by Gasteiger charge is -2.38. The number of hydrogen-bond donors (Lipinski definition) is 0. The van der Waals surface area contributed by atoms with E-state index < -0.39 is 8.07 Å². The van der Waals surface area contributed by atoms with Crippen LogP contribution in [0.4, 0.5) is 0 Å². The molecule has 2 aliphatic heterocycles. The van der Waals surface area contributed by atoms with Gasteiger partial charge in [0.1, 0.15) is 0 Å². The number of aromatic nitrogens is 3. The zero-order valence-electron chi connectivity index (χ0n) is 35.9. The van der Waals surface area contributed by atoms with Crippen molar-refractivity contribution < 1.29 is 13.6 Å². The van der Waals surface area contributed by atoms with Crippen LogP contribution in [0.2, 0.25) is 19.6 Å². The molecule has 0 amide bonds. The average Bonchev–Trinajstić information content (AvgIpc) is 3.53. The van der Waals surface area contributed by atoms with E-state index in [2.05, 4.69) is 150 Å². The van der Waals surface area contributed by atoms with Crippen LogP contribution >= 0.6 is 0 Å². The van der Waals surface area contributed by atoms with Gasteiger partial charge in [-0.2, -0.15) is 9.13 Å². The molecular formula is C51H63N3OSi+2. The Kier molecular flexibility index (Phi) is 9.79. The number of pyridine rings is 3. The zero-order valence-corrected chi connectivity index (χ0v) is 36.9. The minimum absolute atomic E-state index is 0.232. The van der Waals surface area contributed by atoms with Crippen LogP contribution in [0.3, 0.4) is 0 Å². The lowest BCUT2D eigenvalue weighted by molar-refractivity contribution is -0.719. The van der Waals surface area contributed by atoms with Crippen molar-refractivity contribution in [1.82, 2.24) is 4.98 Å². The van der Waals surface area contributed by atoms with Gasteiger partial charge in [-0.3, -0.25) is 0 Å². The third-order valence-electron chi connectivity index (χ3n) is 14.1. The summed E-state index contributed by atoms with van der Waals surface area (Å²) in [5, 5.41) is 3.80. The Labute approximate surface area is 336 Å². The Morgan fingerprint density at radius 2 is 1.66 bits per heavy atom. The largest absolute Gasteiger partial charge is 0.437 e. The molecule has 4 nitrogen and oxygen atoms in total. The van der Waals surface area contributed by atoms with Gasteiger partial charge in [-0.1, -0.05) is 104 Å². The maximum Gasteiger partial charge on any atom is 0.227 e. The Bertz CT molecular complexity index is 2510. The summed E-state index contributed by atoms with van der Waals surface area (Å²) in [6, 6.07) is 23.6. The molecule has 3 atom stereocenters. The summed E-state index contributed by atoms with van der Waals surface area (Å²) in [6.07, 6.45) is 11.2. The summed E-state index contributed by atoms with van der Waals surface area (Å²) >= 11 is 0. The van der Waals surface area contributed by atoms with Gasteiger partial charge < -0.3 is 4.42 Å². The first-order valence-electron chi connectivity index (χ1n) is 21.4. The molecule has 5 heteroatoms. The second kappa shape index (κ2) is 14.2. The van der Waals surface area contributed by atoms with Crippen LogP contribution in [0, 0.1) is 25.2 Å². The normalized spacial score (nSPS) is 17.7. The SMILES string of the molecule is C=C1CC2C(CCc3ccc4c(oc5nc(C)ccc54)c3-c3cc(CC(C)C)c(C)c[n+]31)c1ccccc1-c1cc(C(C)C(C)(CC)CC)c([Si](C)(C)C)c[n+]12. The van der Waals surface area contributed by atoms with Gasteiger partial charge in [-0.05, 0) is 97.4 Å². The lowest BCUT2D eigenvalue weighted by atomic mass is 9.70. The van der Waals surface area contributed by atoms with E-state index in [1.54, 1.807) is 10.8 Å². The third kappa shape index (κ3) is 6.39. The molecule has 0 fully saturated rings. The van der Waals surface area contributed by atoms with Crippen LogP contribution < -0.4 is 14.3 Å². The highest BCUT2D eigenvalue weighted by molar-refractivity contribution is 6.89. The summed E-state index contributed by atoms with van der Waals surface area (Å²) in [5.74, 6) is 1.33. The maximum absolute atomic E-state index is 6.81. The molecule has 2 aromatic carbocycles. The molecule has 0 spiro atoms. The fourth-order valence-corrected chi connectivity index (χ4v) is 11.8. The minimum atomic E-state index is -1.75. The van der Waals surface area contributed by atoms with Gasteiger partial charge >= 0.3 is 0 Å². The molecule has 0 radical (unpaired) electrons. The number of furan rings is 1. The van der Waals surface area contributed by atoms with Crippen LogP contribution in [0.25, 0.3) is 50.3 Å². The van der Waals surface area contributed by atoms with Gasteiger partial charge in [-0.25, -0.2) is 4.98 Å². The highest BCUT2D eigenvalue weighted by Gasteiger charge is 2.45. The smallest absolute Gasteiger partial charge is 0.227 e. The maximum atomic E-state index is 6.81. The number of nitrogens with zero attached hydrogens (tertiary/aromatic N) is 3. The Hall–Kier alpha value is -4.35. The molecule has 0 saturated heterocycles. The fraction of sp³-hybridized carbons (Fsp3) is 0.431. The summed E-state index contributed by atoms with van der Waals surface area (Å²) in [4.78, 5) is 4.85. The molecule has 3 unspecified atom stereocenters. The number of hydrogen-bond acceptors (Lipinski definition) is 2. The first kappa shape index (κ1) is 38.5. The van der Waals surface area contributed by atoms with Crippen LogP contribution in [0.5, 0.6) is 0 Å². The Morgan fingerprint density at radius 3 is 2.38 bits per heavy atom. The van der Waals surface area contributed by atoms with E-state index in [-0.39, 0.29) is 11.5 Å². The highest BCUT2D eigenvalue weighted by Crippen LogP contribution is 2.47. The number of aryl methyl sites for hydroxylation is 3. The van der Waals surface area contributed by atoms with Crippen molar-refractivity contribution in [2.45, 2.75) is 131 Å². The van der Waals surface area contributed by atoms with Gasteiger partial charge in [0, 0.05) is 50.8 Å². The topological polar surface area (TPSA) is 33.8 Å². The number of allylic oxidation sites excluding steroid dienone is 1. The molecule has 0 bridgehead atoms. The second-order valence-corrected chi connectivity index (χ2v) is 24.1. The molecule has 0 N–H and O–H groups in total. The third-order valence-corrected chi connectivity index (χ3v) is 16.1. The van der Waals surface area contributed by atoms with Gasteiger partial charge in [0.25, 0.3) is 0 Å². The van der Waals surface area contributed by atoms with Crippen molar-refractivity contribution in [3.63, 3.8) is 0 Å². The standard InChI is InChI=1S/C51H63N3OSi/c1-13-51(9,14-2)35(8)43-28-45-39-18-16-15-17-38(39)40-23-20-36-21-24-41-42-22-19-33(6)52-50(42)55-49(41)48(36)46-27-37(25-31(3)4)32(5)29-53(46)34(7)26-44(40)54(45)30-47(43)56(10,11)12/h15-19,21-22,24,27-31,35,40,44H,7,13-14,20,23,25-26H2,1-6,8-12H3/q+2. The number of rotatable bonds is 7. The Morgan fingerprint density at radius 1 is 0.929 bits per heavy atom. The van der Waals surface area contributed by atoms with E-state index in [4.69, 9.17) is 16.0 Å². The molecule has 8 rings (SSSR count). The summed E-state index contributed by atoms with van der Waals surface area (Å²) in [6.45, 7) is 31.3. The molecule has 4 aromatic heterocycles. The van der Waals surface area contributed by atoms with E-state index in [1.165, 1.54) is 57.6 Å². The monoisotopic (exact) mass is 761 g/mol. The highest BCUT2D eigenvalue weighted by atomic mass is 28.3. The number of benzene rings is 2. The Balaban J connectivity index is 1.38. The van der Waals surface area contributed by atoms with Crippen LogP contribution in [-0.4, -0.2) is 13.1 Å². The first-order chi connectivity index (χ1) is 26.6. The molecule has 6 aromatic rings. The molecule has 0 saturated carbocycles. The quantitative estimate of drug-likeness (QED) is 0.120. The van der Waals surface area contributed by atoms with Crippen molar-refractivity contribution in [2.75, 3.05) is 0 Å². The van der Waals surface area contributed by atoms with E-state index in [0.29, 0.717) is 23.5 Å². The predicted molar refractivity (Wildman–Crippen MR) is 237 cm³/mol. The van der Waals surface area contributed by atoms with Crippen LogP contribution in [0.15, 0.2) is 84.1 Å². The second-order valence-electron chi connectivity index (χ2n) is 19.1. The molecular weight excluding hydrogens is 699 g/mol. The lowest BCUT2D eigenvalue weighted by Crippen LogP contribution is -2.55. The van der Waals surface area contributed by atoms with E-state index in [1.807, 2.05) is 6.92 Å². The van der Waals surface area contributed by atoms with Crippen molar-refractivity contribution in [3.05, 3.63) is 113 Å². The van der Waals surface area contributed by atoms with E-state index >= 15 is 0 Å². The molecule has 0 aliphatic carbocycles. The molecule has 6 heterocycles. The zero-order chi connectivity index (χ0) is 39.8. The van der Waals surface area contributed by atoms with Gasteiger partial charge in [-0.15, -0.1) is 0 Å². The molecule has 56 heavy (non-hydrogen) atoms. The first-order valence-corrected chi connectivity index (χ1v) is 24.9.